The summed E-state index contributed by atoms with van der Waals surface area (Å²) >= 11 is 12.7. The van der Waals surface area contributed by atoms with Gasteiger partial charge in [-0.1, -0.05) is 37.0 Å². The molecule has 2 N–H and O–H groups in total. The first-order valence-electron chi connectivity index (χ1n) is 10.6. The first-order valence-corrected chi connectivity index (χ1v) is 12.8. The molecule has 13 heteroatoms. The molecule has 35 heavy (non-hydrogen) atoms. The minimum Gasteiger partial charge on any atom is -0.507 e. The largest absolute Gasteiger partial charge is 0.507 e. The third-order valence-electron chi connectivity index (χ3n) is 5.54. The summed E-state index contributed by atoms with van der Waals surface area (Å²) in [5, 5.41) is 14.1. The number of hydrogen-bond acceptors (Lipinski definition) is 7. The van der Waals surface area contributed by atoms with E-state index in [1.807, 2.05) is 13.8 Å². The second-order valence-electron chi connectivity index (χ2n) is 8.59. The molecule has 2 unspecified atom stereocenters. The smallest absolute Gasteiger partial charge is 0.349 e. The Bertz CT molecular complexity index is 1470. The van der Waals surface area contributed by atoms with Crippen LogP contribution in [-0.4, -0.2) is 45.7 Å². The Morgan fingerprint density at radius 2 is 1.71 bits per heavy atom. The summed E-state index contributed by atoms with van der Waals surface area (Å²) in [7, 11) is -3.98. The lowest BCUT2D eigenvalue weighted by atomic mass is 9.94. The number of aromatic nitrogens is 3. The van der Waals surface area contributed by atoms with E-state index in [2.05, 4.69) is 10.1 Å². The number of H-pyrrole nitrogens is 1. The zero-order valence-corrected chi connectivity index (χ0v) is 21.1. The van der Waals surface area contributed by atoms with Gasteiger partial charge in [-0.05, 0) is 42.5 Å². The van der Waals surface area contributed by atoms with Crippen LogP contribution in [0.1, 0.15) is 20.3 Å². The molecule has 1 aliphatic rings. The van der Waals surface area contributed by atoms with E-state index in [1.54, 1.807) is 0 Å². The number of nitrogens with one attached hydrogen (secondary N) is 1. The van der Waals surface area contributed by atoms with E-state index in [9.17, 15) is 23.1 Å². The normalized spacial score (nSPS) is 19.0. The molecule has 10 nitrogen and oxygen atoms in total. The standard InChI is InChI=1S/C22H22Cl2N4O6S/c1-12-5-13(2)11-27(10-12)35(32,33)19-8-15(3-4-18(19)29)34-21-16(23)6-14(7-17(21)24)28-22(31)26-20(30)9-25-28/h3-4,6-9,12-13,29H,5,10-11H2,1-2H3,(H,26,30,31). The highest BCUT2D eigenvalue weighted by Crippen LogP contribution is 2.40. The molecule has 1 aliphatic heterocycles. The topological polar surface area (TPSA) is 135 Å². The van der Waals surface area contributed by atoms with E-state index in [4.69, 9.17) is 27.9 Å². The van der Waals surface area contributed by atoms with Crippen LogP contribution < -0.4 is 16.0 Å². The Labute approximate surface area is 210 Å². The summed E-state index contributed by atoms with van der Waals surface area (Å²) in [5.74, 6) is 0.0600. The highest BCUT2D eigenvalue weighted by Gasteiger charge is 2.33. The molecule has 0 saturated carbocycles. The lowest BCUT2D eigenvalue weighted by Gasteiger charge is -2.34. The number of piperidine rings is 1. The van der Waals surface area contributed by atoms with Crippen LogP contribution in [0.2, 0.25) is 10.0 Å². The number of aromatic hydroxyl groups is 1. The molecule has 2 aromatic carbocycles. The molecule has 0 radical (unpaired) electrons. The van der Waals surface area contributed by atoms with Crippen LogP contribution in [0, 0.1) is 11.8 Å². The molecule has 1 saturated heterocycles. The SMILES string of the molecule is CC1CC(C)CN(S(=O)(=O)c2cc(Oc3c(Cl)cc(-n4ncc(=O)[nH]c4=O)cc3Cl)ccc2O)C1. The van der Waals surface area contributed by atoms with Gasteiger partial charge in [-0.25, -0.2) is 13.2 Å². The Balaban J connectivity index is 1.67. The van der Waals surface area contributed by atoms with Crippen molar-refractivity contribution in [1.82, 2.24) is 19.1 Å². The van der Waals surface area contributed by atoms with Crippen LogP contribution in [0.5, 0.6) is 17.2 Å². The van der Waals surface area contributed by atoms with Crippen molar-refractivity contribution in [2.75, 3.05) is 13.1 Å². The van der Waals surface area contributed by atoms with Crippen molar-refractivity contribution in [3.05, 3.63) is 67.4 Å². The van der Waals surface area contributed by atoms with Gasteiger partial charge in [0.1, 0.15) is 22.6 Å². The molecule has 1 fully saturated rings. The highest BCUT2D eigenvalue weighted by atomic mass is 35.5. The highest BCUT2D eigenvalue weighted by molar-refractivity contribution is 7.89. The molecule has 186 valence electrons. The summed E-state index contributed by atoms with van der Waals surface area (Å²) in [5.41, 5.74) is -1.26. The minimum atomic E-state index is -3.98. The fourth-order valence-electron chi connectivity index (χ4n) is 4.13. The summed E-state index contributed by atoms with van der Waals surface area (Å²) in [6, 6.07) is 6.51. The predicted molar refractivity (Wildman–Crippen MR) is 130 cm³/mol. The number of rotatable bonds is 5. The molecule has 3 aromatic rings. The third-order valence-corrected chi connectivity index (χ3v) is 7.97. The zero-order chi connectivity index (χ0) is 25.5. The zero-order valence-electron chi connectivity index (χ0n) is 18.7. The fraction of sp³-hybridized carbons (Fsp3) is 0.318. The van der Waals surface area contributed by atoms with E-state index in [0.717, 1.165) is 17.3 Å². The lowest BCUT2D eigenvalue weighted by Crippen LogP contribution is -2.42. The number of sulfonamides is 1. The van der Waals surface area contributed by atoms with Gasteiger partial charge in [0.05, 0.1) is 15.7 Å². The van der Waals surface area contributed by atoms with Crippen molar-refractivity contribution in [1.29, 1.82) is 0 Å². The summed E-state index contributed by atoms with van der Waals surface area (Å²) in [4.78, 5) is 25.1. The fourth-order valence-corrected chi connectivity index (χ4v) is 6.46. The number of phenolic OH excluding ortho intramolecular Hbond substituents is 1. The molecule has 0 amide bonds. The van der Waals surface area contributed by atoms with Crippen LogP contribution in [0.15, 0.2) is 51.0 Å². The number of phenols is 1. The van der Waals surface area contributed by atoms with E-state index in [-0.39, 0.29) is 44.0 Å². The summed E-state index contributed by atoms with van der Waals surface area (Å²) in [6.45, 7) is 4.69. The van der Waals surface area contributed by atoms with Crippen molar-refractivity contribution in [3.8, 4) is 22.9 Å². The Hall–Kier alpha value is -2.86. The third kappa shape index (κ3) is 5.22. The Morgan fingerprint density at radius 3 is 2.31 bits per heavy atom. The monoisotopic (exact) mass is 540 g/mol. The molecular formula is C22H22Cl2N4O6S. The van der Waals surface area contributed by atoms with Crippen LogP contribution in [0.25, 0.3) is 5.69 Å². The van der Waals surface area contributed by atoms with Crippen molar-refractivity contribution in [2.45, 2.75) is 25.2 Å². The Morgan fingerprint density at radius 1 is 1.09 bits per heavy atom. The molecular weight excluding hydrogens is 519 g/mol. The van der Waals surface area contributed by atoms with Crippen molar-refractivity contribution in [2.24, 2.45) is 11.8 Å². The quantitative estimate of drug-likeness (QED) is 0.506. The molecule has 4 rings (SSSR count). The first-order chi connectivity index (χ1) is 16.5. The van der Waals surface area contributed by atoms with Gasteiger partial charge in [-0.15, -0.1) is 0 Å². The number of ether oxygens (including phenoxy) is 1. The molecule has 0 aliphatic carbocycles. The van der Waals surface area contributed by atoms with E-state index >= 15 is 0 Å². The van der Waals surface area contributed by atoms with Crippen molar-refractivity contribution < 1.29 is 18.3 Å². The maximum Gasteiger partial charge on any atom is 0.349 e. The van der Waals surface area contributed by atoms with Crippen LogP contribution in [-0.2, 0) is 10.0 Å². The van der Waals surface area contributed by atoms with Gasteiger partial charge in [0.15, 0.2) is 5.75 Å². The minimum absolute atomic E-state index is 0.00330. The van der Waals surface area contributed by atoms with Crippen LogP contribution >= 0.6 is 23.2 Å². The van der Waals surface area contributed by atoms with E-state index in [0.29, 0.717) is 13.1 Å². The van der Waals surface area contributed by atoms with E-state index < -0.39 is 27.0 Å². The van der Waals surface area contributed by atoms with Gasteiger partial charge >= 0.3 is 5.69 Å². The van der Waals surface area contributed by atoms with Crippen molar-refractivity contribution >= 4 is 33.2 Å². The van der Waals surface area contributed by atoms with Crippen LogP contribution in [0.3, 0.4) is 0 Å². The van der Waals surface area contributed by atoms with Gasteiger partial charge in [0, 0.05) is 19.2 Å². The molecule has 2 atom stereocenters. The van der Waals surface area contributed by atoms with Gasteiger partial charge in [-0.3, -0.25) is 9.78 Å². The molecule has 0 bridgehead atoms. The molecule has 2 heterocycles. The number of nitrogens with zero attached hydrogens (tertiary/aromatic N) is 3. The number of halogens is 2. The van der Waals surface area contributed by atoms with Crippen LogP contribution in [0.4, 0.5) is 0 Å². The van der Waals surface area contributed by atoms with Gasteiger partial charge < -0.3 is 9.84 Å². The maximum absolute atomic E-state index is 13.3. The van der Waals surface area contributed by atoms with Gasteiger partial charge in [-0.2, -0.15) is 14.1 Å². The maximum atomic E-state index is 13.3. The first kappa shape index (κ1) is 25.2. The van der Waals surface area contributed by atoms with Crippen molar-refractivity contribution in [3.63, 3.8) is 0 Å². The lowest BCUT2D eigenvalue weighted by molar-refractivity contribution is 0.222. The summed E-state index contributed by atoms with van der Waals surface area (Å²) in [6.07, 6.45) is 1.85. The van der Waals surface area contributed by atoms with E-state index in [1.165, 1.54) is 34.6 Å². The van der Waals surface area contributed by atoms with Gasteiger partial charge in [0.25, 0.3) is 5.56 Å². The Kier molecular flexibility index (Phi) is 6.96. The number of hydrogen-bond donors (Lipinski definition) is 2. The molecule has 1 aromatic heterocycles. The van der Waals surface area contributed by atoms with Gasteiger partial charge in [0.2, 0.25) is 10.0 Å². The number of aromatic amines is 1. The second kappa shape index (κ2) is 9.65. The molecule has 0 spiro atoms. The number of benzene rings is 2. The second-order valence-corrected chi connectivity index (χ2v) is 11.3. The average molecular weight is 541 g/mol. The predicted octanol–water partition coefficient (Wildman–Crippen LogP) is 3.39. The summed E-state index contributed by atoms with van der Waals surface area (Å²) < 4.78 is 34.6. The average Bonchev–Trinajstić information content (AvgIpc) is 2.76.